The molecule has 170 valence electrons. The van der Waals surface area contributed by atoms with E-state index in [0.717, 1.165) is 30.0 Å². The fourth-order valence-corrected chi connectivity index (χ4v) is 4.76. The van der Waals surface area contributed by atoms with Crippen molar-refractivity contribution >= 4 is 11.8 Å². The van der Waals surface area contributed by atoms with E-state index in [0.29, 0.717) is 18.7 Å². The lowest BCUT2D eigenvalue weighted by molar-refractivity contribution is -0.126. The van der Waals surface area contributed by atoms with Crippen LogP contribution in [0.1, 0.15) is 60.6 Å². The standard InChI is InChI=1S/C26H33N3O3/c1-26(2,28-15-7-4-8-16-28)18-27-24(30)23(19-11-13-21(32-3)14-12-19)29-17-20-9-5-6-10-22(20)25(29)31/h5-6,9-14,23H,4,7-8,15-18H2,1-3H3,(H,27,30). The fourth-order valence-electron chi connectivity index (χ4n) is 4.76. The SMILES string of the molecule is COc1ccc(C(C(=O)NCC(C)(C)N2CCCCC2)N2Cc3ccccc3C2=O)cc1. The minimum absolute atomic E-state index is 0.105. The molecule has 0 radical (unpaired) electrons. The van der Waals surface area contributed by atoms with Gasteiger partial charge in [-0.05, 0) is 69.1 Å². The Morgan fingerprint density at radius 3 is 2.41 bits per heavy atom. The maximum atomic E-state index is 13.6. The summed E-state index contributed by atoms with van der Waals surface area (Å²) in [6.45, 7) is 7.44. The number of hydrogen-bond donors (Lipinski definition) is 1. The van der Waals surface area contributed by atoms with Crippen LogP contribution in [-0.4, -0.2) is 53.9 Å². The second-order valence-electron chi connectivity index (χ2n) is 9.34. The Kier molecular flexibility index (Phi) is 6.51. The number of hydrogen-bond acceptors (Lipinski definition) is 4. The number of piperidine rings is 1. The van der Waals surface area contributed by atoms with Crippen molar-refractivity contribution in [1.82, 2.24) is 15.1 Å². The summed E-state index contributed by atoms with van der Waals surface area (Å²) in [6, 6.07) is 14.3. The summed E-state index contributed by atoms with van der Waals surface area (Å²) in [5.41, 5.74) is 2.27. The molecule has 4 rings (SSSR count). The van der Waals surface area contributed by atoms with E-state index in [1.165, 1.54) is 19.3 Å². The summed E-state index contributed by atoms with van der Waals surface area (Å²) in [7, 11) is 1.61. The molecule has 32 heavy (non-hydrogen) atoms. The monoisotopic (exact) mass is 435 g/mol. The Morgan fingerprint density at radius 2 is 1.75 bits per heavy atom. The van der Waals surface area contributed by atoms with E-state index in [-0.39, 0.29) is 17.4 Å². The molecule has 0 aromatic heterocycles. The maximum absolute atomic E-state index is 13.6. The van der Waals surface area contributed by atoms with E-state index in [1.54, 1.807) is 12.0 Å². The van der Waals surface area contributed by atoms with Crippen molar-refractivity contribution in [3.8, 4) is 5.75 Å². The van der Waals surface area contributed by atoms with E-state index in [4.69, 9.17) is 4.74 Å². The Bertz CT molecular complexity index is 965. The lowest BCUT2D eigenvalue weighted by Gasteiger charge is -2.41. The van der Waals surface area contributed by atoms with Crippen LogP contribution >= 0.6 is 0 Å². The summed E-state index contributed by atoms with van der Waals surface area (Å²) < 4.78 is 5.28. The first-order valence-corrected chi connectivity index (χ1v) is 11.5. The predicted octanol–water partition coefficient (Wildman–Crippen LogP) is 3.77. The average molecular weight is 436 g/mol. The molecular weight excluding hydrogens is 402 g/mol. The van der Waals surface area contributed by atoms with E-state index in [9.17, 15) is 9.59 Å². The van der Waals surface area contributed by atoms with Crippen LogP contribution in [0.25, 0.3) is 0 Å². The van der Waals surface area contributed by atoms with Crippen LogP contribution in [0.4, 0.5) is 0 Å². The maximum Gasteiger partial charge on any atom is 0.255 e. The van der Waals surface area contributed by atoms with Gasteiger partial charge in [0, 0.05) is 24.2 Å². The van der Waals surface area contributed by atoms with Gasteiger partial charge in [-0.3, -0.25) is 14.5 Å². The Balaban J connectivity index is 1.56. The summed E-state index contributed by atoms with van der Waals surface area (Å²) >= 11 is 0. The number of ether oxygens (including phenoxy) is 1. The normalized spacial score (nSPS) is 17.7. The first-order valence-electron chi connectivity index (χ1n) is 11.5. The van der Waals surface area contributed by atoms with Gasteiger partial charge in [0.1, 0.15) is 11.8 Å². The van der Waals surface area contributed by atoms with Crippen LogP contribution in [0, 0.1) is 0 Å². The minimum atomic E-state index is -0.696. The molecule has 0 bridgehead atoms. The number of likely N-dealkylation sites (tertiary alicyclic amines) is 1. The van der Waals surface area contributed by atoms with Crippen LogP contribution in [0.2, 0.25) is 0 Å². The summed E-state index contributed by atoms with van der Waals surface area (Å²) in [6.07, 6.45) is 3.68. The molecule has 1 atom stereocenters. The molecule has 2 aromatic carbocycles. The number of fused-ring (bicyclic) bond motifs is 1. The Morgan fingerprint density at radius 1 is 1.06 bits per heavy atom. The van der Waals surface area contributed by atoms with Gasteiger partial charge in [-0.1, -0.05) is 36.8 Å². The van der Waals surface area contributed by atoms with Crippen molar-refractivity contribution in [1.29, 1.82) is 0 Å². The second-order valence-corrected chi connectivity index (χ2v) is 9.34. The molecular formula is C26H33N3O3. The van der Waals surface area contributed by atoms with Gasteiger partial charge >= 0.3 is 0 Å². The molecule has 0 spiro atoms. The van der Waals surface area contributed by atoms with Crippen LogP contribution < -0.4 is 10.1 Å². The zero-order valence-electron chi connectivity index (χ0n) is 19.3. The number of amides is 2. The van der Waals surface area contributed by atoms with Gasteiger partial charge in [0.15, 0.2) is 0 Å². The molecule has 0 saturated carbocycles. The van der Waals surface area contributed by atoms with E-state index in [1.807, 2.05) is 48.5 Å². The number of carbonyl (C=O) groups is 2. The highest BCUT2D eigenvalue weighted by molar-refractivity contribution is 6.01. The zero-order chi connectivity index (χ0) is 22.7. The van der Waals surface area contributed by atoms with Crippen LogP contribution in [0.3, 0.4) is 0 Å². The largest absolute Gasteiger partial charge is 0.497 e. The van der Waals surface area contributed by atoms with E-state index in [2.05, 4.69) is 24.1 Å². The lowest BCUT2D eigenvalue weighted by atomic mass is 9.97. The summed E-state index contributed by atoms with van der Waals surface area (Å²) in [5.74, 6) is 0.462. The van der Waals surface area contributed by atoms with Crippen LogP contribution in [0.15, 0.2) is 48.5 Å². The second kappa shape index (κ2) is 9.33. The number of rotatable bonds is 7. The third-order valence-electron chi connectivity index (χ3n) is 6.75. The third kappa shape index (κ3) is 4.51. The lowest BCUT2D eigenvalue weighted by Crippen LogP contribution is -2.54. The number of methoxy groups -OCH3 is 1. The van der Waals surface area contributed by atoms with Crippen molar-refractivity contribution in [2.45, 2.75) is 51.2 Å². The minimum Gasteiger partial charge on any atom is -0.497 e. The number of benzene rings is 2. The van der Waals surface area contributed by atoms with Gasteiger partial charge in [0.05, 0.1) is 7.11 Å². The summed E-state index contributed by atoms with van der Waals surface area (Å²) in [4.78, 5) is 30.9. The van der Waals surface area contributed by atoms with Gasteiger partial charge in [-0.25, -0.2) is 0 Å². The van der Waals surface area contributed by atoms with Crippen LogP contribution in [0.5, 0.6) is 5.75 Å². The molecule has 1 saturated heterocycles. The van der Waals surface area contributed by atoms with Crippen molar-refractivity contribution in [2.24, 2.45) is 0 Å². The van der Waals surface area contributed by atoms with Gasteiger partial charge < -0.3 is 15.0 Å². The van der Waals surface area contributed by atoms with Gasteiger partial charge in [0.2, 0.25) is 5.91 Å². The quantitative estimate of drug-likeness (QED) is 0.719. The molecule has 2 aromatic rings. The topological polar surface area (TPSA) is 61.9 Å². The fraction of sp³-hybridized carbons (Fsp3) is 0.462. The molecule has 6 heteroatoms. The number of nitrogens with one attached hydrogen (secondary N) is 1. The average Bonchev–Trinajstić information content (AvgIpc) is 3.15. The molecule has 1 unspecified atom stereocenters. The van der Waals surface area contributed by atoms with Crippen molar-refractivity contribution in [2.75, 3.05) is 26.7 Å². The number of nitrogens with zero attached hydrogens (tertiary/aromatic N) is 2. The zero-order valence-corrected chi connectivity index (χ0v) is 19.3. The van der Waals surface area contributed by atoms with Crippen molar-refractivity contribution < 1.29 is 14.3 Å². The molecule has 1 fully saturated rings. The predicted molar refractivity (Wildman–Crippen MR) is 125 cm³/mol. The molecule has 2 amide bonds. The molecule has 2 aliphatic rings. The first-order chi connectivity index (χ1) is 15.4. The van der Waals surface area contributed by atoms with E-state index < -0.39 is 6.04 Å². The van der Waals surface area contributed by atoms with E-state index >= 15 is 0 Å². The summed E-state index contributed by atoms with van der Waals surface area (Å²) in [5, 5.41) is 3.17. The smallest absolute Gasteiger partial charge is 0.255 e. The molecule has 6 nitrogen and oxygen atoms in total. The highest BCUT2D eigenvalue weighted by Gasteiger charge is 2.38. The highest BCUT2D eigenvalue weighted by atomic mass is 16.5. The van der Waals surface area contributed by atoms with Crippen LogP contribution in [-0.2, 0) is 11.3 Å². The molecule has 2 aliphatic heterocycles. The Hall–Kier alpha value is -2.86. The molecule has 0 aliphatic carbocycles. The van der Waals surface area contributed by atoms with Crippen molar-refractivity contribution in [3.63, 3.8) is 0 Å². The molecule has 2 heterocycles. The van der Waals surface area contributed by atoms with Gasteiger partial charge in [0.25, 0.3) is 5.91 Å². The number of carbonyl (C=O) groups excluding carboxylic acids is 2. The van der Waals surface area contributed by atoms with Gasteiger partial charge in [-0.15, -0.1) is 0 Å². The van der Waals surface area contributed by atoms with Crippen molar-refractivity contribution in [3.05, 3.63) is 65.2 Å². The Labute approximate surface area is 190 Å². The third-order valence-corrected chi connectivity index (χ3v) is 6.75. The first kappa shape index (κ1) is 22.3. The molecule has 1 N–H and O–H groups in total. The van der Waals surface area contributed by atoms with Gasteiger partial charge in [-0.2, -0.15) is 0 Å². The highest BCUT2D eigenvalue weighted by Crippen LogP contribution is 2.32.